The number of aliphatic imine (C=N–C) groups is 1. The fourth-order valence-electron chi connectivity index (χ4n) is 3.27. The fraction of sp³-hybridized carbons (Fsp3) is 0.778. The van der Waals surface area contributed by atoms with Gasteiger partial charge in [-0.05, 0) is 19.3 Å². The monoisotopic (exact) mass is 393 g/mol. The van der Waals surface area contributed by atoms with E-state index in [4.69, 9.17) is 0 Å². The van der Waals surface area contributed by atoms with Crippen LogP contribution in [-0.4, -0.2) is 72.4 Å². The van der Waals surface area contributed by atoms with Gasteiger partial charge in [0.2, 0.25) is 11.0 Å². The molecule has 9 heteroatoms. The number of hydrogen-bond acceptors (Lipinski definition) is 6. The van der Waals surface area contributed by atoms with Crippen molar-refractivity contribution in [2.75, 3.05) is 51.2 Å². The van der Waals surface area contributed by atoms with E-state index in [9.17, 15) is 4.79 Å². The summed E-state index contributed by atoms with van der Waals surface area (Å²) in [6.07, 6.45) is 5.09. The summed E-state index contributed by atoms with van der Waals surface area (Å²) in [7, 11) is 1.82. The minimum absolute atomic E-state index is 0.227. The van der Waals surface area contributed by atoms with Crippen molar-refractivity contribution in [1.29, 1.82) is 0 Å². The van der Waals surface area contributed by atoms with Gasteiger partial charge in [0.1, 0.15) is 5.82 Å². The molecule has 150 valence electrons. The molecule has 2 N–H and O–H groups in total. The van der Waals surface area contributed by atoms with Crippen LogP contribution in [0.4, 0.5) is 5.13 Å². The number of hydrogen-bond donors (Lipinski definition) is 2. The lowest BCUT2D eigenvalue weighted by Gasteiger charge is -2.36. The zero-order chi connectivity index (χ0) is 19.1. The van der Waals surface area contributed by atoms with E-state index >= 15 is 0 Å². The van der Waals surface area contributed by atoms with E-state index in [1.54, 1.807) is 0 Å². The first-order valence-electron chi connectivity index (χ1n) is 10.0. The van der Waals surface area contributed by atoms with Gasteiger partial charge in [0.25, 0.3) is 0 Å². The van der Waals surface area contributed by atoms with Crippen LogP contribution < -0.4 is 15.5 Å². The predicted molar refractivity (Wildman–Crippen MR) is 109 cm³/mol. The SMILES string of the molecule is CCc1nsc(N2CCN(C(=NC)NCCCNC(=O)C3CCC3)CC2)n1. The van der Waals surface area contributed by atoms with Crippen molar-refractivity contribution < 1.29 is 4.79 Å². The summed E-state index contributed by atoms with van der Waals surface area (Å²) in [5.41, 5.74) is 0. The maximum atomic E-state index is 11.8. The van der Waals surface area contributed by atoms with Crippen LogP contribution in [0.15, 0.2) is 4.99 Å². The average Bonchev–Trinajstić information content (AvgIpc) is 3.13. The van der Waals surface area contributed by atoms with Crippen LogP contribution in [0, 0.1) is 5.92 Å². The van der Waals surface area contributed by atoms with Crippen LogP contribution in [0.1, 0.15) is 38.4 Å². The van der Waals surface area contributed by atoms with Gasteiger partial charge in [-0.2, -0.15) is 4.37 Å². The van der Waals surface area contributed by atoms with Crippen LogP contribution in [0.25, 0.3) is 0 Å². The molecule has 0 radical (unpaired) electrons. The molecule has 1 saturated heterocycles. The highest BCUT2D eigenvalue weighted by atomic mass is 32.1. The number of aromatic nitrogens is 2. The molecule has 2 fully saturated rings. The van der Waals surface area contributed by atoms with Crippen molar-refractivity contribution in [2.45, 2.75) is 39.0 Å². The quantitative estimate of drug-likeness (QED) is 0.410. The van der Waals surface area contributed by atoms with Crippen LogP contribution in [0.5, 0.6) is 0 Å². The van der Waals surface area contributed by atoms with Crippen molar-refractivity contribution in [3.05, 3.63) is 5.82 Å². The molecular formula is C18H31N7OS. The Kier molecular flexibility index (Phi) is 7.25. The first-order valence-corrected chi connectivity index (χ1v) is 10.8. The molecule has 8 nitrogen and oxygen atoms in total. The Morgan fingerprint density at radius 3 is 2.56 bits per heavy atom. The molecule has 0 aromatic carbocycles. The third-order valence-corrected chi connectivity index (χ3v) is 6.06. The summed E-state index contributed by atoms with van der Waals surface area (Å²) in [5, 5.41) is 7.48. The molecule has 0 atom stereocenters. The standard InChI is InChI=1S/C18H31N7OS/c1-3-15-22-18(27-23-15)25-12-10-24(11-13-25)17(19-2)21-9-5-8-20-16(26)14-6-4-7-14/h14H,3-13H2,1-2H3,(H,19,21)(H,20,26). The number of nitrogens with one attached hydrogen (secondary N) is 2. The zero-order valence-electron chi connectivity index (χ0n) is 16.4. The van der Waals surface area contributed by atoms with Gasteiger partial charge in [0.05, 0.1) is 0 Å². The largest absolute Gasteiger partial charge is 0.356 e. The minimum atomic E-state index is 0.227. The van der Waals surface area contributed by atoms with Crippen molar-refractivity contribution in [1.82, 2.24) is 24.9 Å². The normalized spacial score (nSPS) is 18.4. The van der Waals surface area contributed by atoms with Crippen molar-refractivity contribution in [2.24, 2.45) is 10.9 Å². The van der Waals surface area contributed by atoms with Gasteiger partial charge < -0.3 is 20.4 Å². The Morgan fingerprint density at radius 1 is 1.22 bits per heavy atom. The number of rotatable bonds is 7. The fourth-order valence-corrected chi connectivity index (χ4v) is 4.07. The van der Waals surface area contributed by atoms with E-state index in [0.29, 0.717) is 0 Å². The van der Waals surface area contributed by atoms with Crippen LogP contribution in [0.3, 0.4) is 0 Å². The van der Waals surface area contributed by atoms with Gasteiger partial charge in [0.15, 0.2) is 5.96 Å². The highest BCUT2D eigenvalue weighted by Gasteiger charge is 2.24. The average molecular weight is 394 g/mol. The van der Waals surface area contributed by atoms with E-state index in [1.165, 1.54) is 18.0 Å². The second kappa shape index (κ2) is 9.87. The molecule has 1 aromatic heterocycles. The molecule has 3 rings (SSSR count). The third-order valence-electron chi connectivity index (χ3n) is 5.25. The van der Waals surface area contributed by atoms with Crippen molar-refractivity contribution >= 4 is 28.5 Å². The second-order valence-corrected chi connectivity index (χ2v) is 7.80. The molecule has 1 saturated carbocycles. The summed E-state index contributed by atoms with van der Waals surface area (Å²) in [4.78, 5) is 25.4. The number of amides is 1. The first kappa shape index (κ1) is 19.9. The number of nitrogens with zero attached hydrogens (tertiary/aromatic N) is 5. The third kappa shape index (κ3) is 5.31. The molecule has 27 heavy (non-hydrogen) atoms. The maximum Gasteiger partial charge on any atom is 0.223 e. The summed E-state index contributed by atoms with van der Waals surface area (Å²) in [6.45, 7) is 7.31. The van der Waals surface area contributed by atoms with Crippen LogP contribution in [0.2, 0.25) is 0 Å². The Bertz CT molecular complexity index is 635. The second-order valence-electron chi connectivity index (χ2n) is 7.07. The smallest absolute Gasteiger partial charge is 0.223 e. The van der Waals surface area contributed by atoms with Crippen molar-refractivity contribution in [3.63, 3.8) is 0 Å². The van der Waals surface area contributed by atoms with Crippen molar-refractivity contribution in [3.8, 4) is 0 Å². The van der Waals surface area contributed by atoms with Crippen LogP contribution in [-0.2, 0) is 11.2 Å². The Labute approximate surface area is 165 Å². The number of guanidine groups is 1. The Balaban J connectivity index is 1.34. The molecule has 1 aromatic rings. The summed E-state index contributed by atoms with van der Waals surface area (Å²) in [5.74, 6) is 2.36. The molecule has 1 aliphatic carbocycles. The molecular weight excluding hydrogens is 362 g/mol. The highest BCUT2D eigenvalue weighted by molar-refractivity contribution is 7.09. The van der Waals surface area contributed by atoms with E-state index in [0.717, 1.165) is 81.9 Å². The molecule has 0 bridgehead atoms. The number of anilines is 1. The summed E-state index contributed by atoms with van der Waals surface area (Å²) >= 11 is 1.49. The number of carbonyl (C=O) groups is 1. The van der Waals surface area contributed by atoms with E-state index < -0.39 is 0 Å². The van der Waals surface area contributed by atoms with Gasteiger partial charge in [-0.1, -0.05) is 13.3 Å². The molecule has 2 aliphatic rings. The molecule has 0 unspecified atom stereocenters. The number of piperazine rings is 1. The predicted octanol–water partition coefficient (Wildman–Crippen LogP) is 1.10. The summed E-state index contributed by atoms with van der Waals surface area (Å²) in [6, 6.07) is 0. The minimum Gasteiger partial charge on any atom is -0.356 e. The number of carbonyl (C=O) groups excluding carboxylic acids is 1. The molecule has 2 heterocycles. The molecule has 1 amide bonds. The van der Waals surface area contributed by atoms with E-state index in [-0.39, 0.29) is 11.8 Å². The molecule has 1 aliphatic heterocycles. The van der Waals surface area contributed by atoms with Gasteiger partial charge >= 0.3 is 0 Å². The number of aryl methyl sites for hydroxylation is 1. The summed E-state index contributed by atoms with van der Waals surface area (Å²) < 4.78 is 4.38. The van der Waals surface area contributed by atoms with Crippen LogP contribution >= 0.6 is 11.5 Å². The Hall–Kier alpha value is -1.90. The van der Waals surface area contributed by atoms with Gasteiger partial charge in [0, 0.05) is 70.2 Å². The van der Waals surface area contributed by atoms with E-state index in [1.807, 2.05) is 7.05 Å². The lowest BCUT2D eigenvalue weighted by molar-refractivity contribution is -0.127. The topological polar surface area (TPSA) is 85.8 Å². The molecule has 0 spiro atoms. The van der Waals surface area contributed by atoms with Gasteiger partial charge in [-0.15, -0.1) is 0 Å². The van der Waals surface area contributed by atoms with E-state index in [2.05, 4.69) is 41.7 Å². The highest BCUT2D eigenvalue weighted by Crippen LogP contribution is 2.26. The Morgan fingerprint density at radius 2 is 1.96 bits per heavy atom. The zero-order valence-corrected chi connectivity index (χ0v) is 17.2. The van der Waals surface area contributed by atoms with Gasteiger partial charge in [-0.25, -0.2) is 4.98 Å². The first-order chi connectivity index (χ1) is 13.2. The lowest BCUT2D eigenvalue weighted by Crippen LogP contribution is -2.52. The lowest BCUT2D eigenvalue weighted by atomic mass is 9.85. The maximum absolute atomic E-state index is 11.8. The van der Waals surface area contributed by atoms with Gasteiger partial charge in [-0.3, -0.25) is 9.79 Å².